The maximum Gasteiger partial charge on any atom is 0.326 e. The highest BCUT2D eigenvalue weighted by atomic mass is 32.1. The second kappa shape index (κ2) is 11.0. The number of carbonyl (C=O) groups is 4. The molecule has 1 atom stereocenters. The molecule has 0 saturated heterocycles. The van der Waals surface area contributed by atoms with Crippen molar-refractivity contribution in [2.75, 3.05) is 13.1 Å². The molecule has 3 rings (SSSR count). The molecule has 32 heavy (non-hydrogen) atoms. The first-order chi connectivity index (χ1) is 15.4. The van der Waals surface area contributed by atoms with E-state index in [1.54, 1.807) is 60.0 Å². The van der Waals surface area contributed by atoms with Crippen molar-refractivity contribution in [1.29, 1.82) is 0 Å². The van der Waals surface area contributed by atoms with Crippen LogP contribution in [0.3, 0.4) is 0 Å². The van der Waals surface area contributed by atoms with Gasteiger partial charge in [0.1, 0.15) is 6.54 Å². The third kappa shape index (κ3) is 6.36. The molecule has 7 nitrogen and oxygen atoms in total. The average Bonchev–Trinajstić information content (AvgIpc) is 3.35. The van der Waals surface area contributed by atoms with Gasteiger partial charge in [0.15, 0.2) is 6.10 Å². The minimum absolute atomic E-state index is 0.283. The van der Waals surface area contributed by atoms with E-state index in [1.165, 1.54) is 11.3 Å². The van der Waals surface area contributed by atoms with Crippen LogP contribution in [0.15, 0.2) is 72.1 Å². The number of benzene rings is 2. The molecule has 3 aromatic rings. The molecule has 0 bridgehead atoms. The second-order valence-corrected chi connectivity index (χ2v) is 7.90. The van der Waals surface area contributed by atoms with Crippen LogP contribution < -0.4 is 10.6 Å². The largest absolute Gasteiger partial charge is 0.448 e. The van der Waals surface area contributed by atoms with Crippen LogP contribution in [-0.2, 0) is 14.3 Å². The van der Waals surface area contributed by atoms with Crippen LogP contribution in [-0.4, -0.2) is 36.7 Å². The van der Waals surface area contributed by atoms with Gasteiger partial charge in [-0.05, 0) is 18.4 Å². The Morgan fingerprint density at radius 3 is 2.25 bits per heavy atom. The number of hydrogen-bond acceptors (Lipinski definition) is 6. The molecular weight excluding hydrogens is 428 g/mol. The van der Waals surface area contributed by atoms with E-state index in [0.29, 0.717) is 16.0 Å². The SMILES string of the molecule is Cc1ccc(C(=O)[C@@H](OC(=O)CNC(=O)CNC(=O)c2cccs2)c2ccccc2)cc1. The van der Waals surface area contributed by atoms with E-state index in [-0.39, 0.29) is 18.2 Å². The summed E-state index contributed by atoms with van der Waals surface area (Å²) in [5.74, 6) is -2.05. The Bertz CT molecular complexity index is 1080. The van der Waals surface area contributed by atoms with Gasteiger partial charge in [0, 0.05) is 11.1 Å². The molecule has 2 N–H and O–H groups in total. The Balaban J connectivity index is 1.57. The zero-order valence-corrected chi connectivity index (χ0v) is 18.2. The molecule has 0 aliphatic carbocycles. The molecule has 0 spiro atoms. The first kappa shape index (κ1) is 22.9. The normalized spacial score (nSPS) is 11.3. The summed E-state index contributed by atoms with van der Waals surface area (Å²) in [6.45, 7) is 1.20. The molecule has 0 unspecified atom stereocenters. The fourth-order valence-corrected chi connectivity index (χ4v) is 3.47. The Morgan fingerprint density at radius 1 is 0.875 bits per heavy atom. The van der Waals surface area contributed by atoms with Crippen LogP contribution in [0.4, 0.5) is 0 Å². The fraction of sp³-hybridized carbons (Fsp3) is 0.167. The van der Waals surface area contributed by atoms with Crippen molar-refractivity contribution in [1.82, 2.24) is 10.6 Å². The summed E-state index contributed by atoms with van der Waals surface area (Å²) in [5, 5.41) is 6.62. The van der Waals surface area contributed by atoms with Gasteiger partial charge in [0.2, 0.25) is 11.7 Å². The van der Waals surface area contributed by atoms with Crippen molar-refractivity contribution in [3.8, 4) is 0 Å². The third-order valence-electron chi connectivity index (χ3n) is 4.51. The first-order valence-corrected chi connectivity index (χ1v) is 10.8. The van der Waals surface area contributed by atoms with Gasteiger partial charge in [-0.25, -0.2) is 0 Å². The van der Waals surface area contributed by atoms with Crippen LogP contribution in [0.2, 0.25) is 0 Å². The van der Waals surface area contributed by atoms with Gasteiger partial charge < -0.3 is 15.4 Å². The highest BCUT2D eigenvalue weighted by molar-refractivity contribution is 7.12. The van der Waals surface area contributed by atoms with Crippen LogP contribution >= 0.6 is 11.3 Å². The molecule has 1 aromatic heterocycles. The molecule has 0 radical (unpaired) electrons. The molecule has 8 heteroatoms. The molecule has 0 saturated carbocycles. The van der Waals surface area contributed by atoms with Gasteiger partial charge in [-0.3, -0.25) is 19.2 Å². The number of ketones is 1. The zero-order chi connectivity index (χ0) is 22.9. The summed E-state index contributed by atoms with van der Waals surface area (Å²) in [5.41, 5.74) is 1.95. The van der Waals surface area contributed by atoms with Gasteiger partial charge >= 0.3 is 5.97 Å². The van der Waals surface area contributed by atoms with Gasteiger partial charge in [0.25, 0.3) is 5.91 Å². The van der Waals surface area contributed by atoms with Crippen molar-refractivity contribution in [3.05, 3.63) is 93.7 Å². The van der Waals surface area contributed by atoms with E-state index >= 15 is 0 Å². The maximum atomic E-state index is 13.0. The smallest absolute Gasteiger partial charge is 0.326 e. The fourth-order valence-electron chi connectivity index (χ4n) is 2.83. The molecule has 1 heterocycles. The molecule has 0 aliphatic rings. The molecule has 164 valence electrons. The summed E-state index contributed by atoms with van der Waals surface area (Å²) in [6.07, 6.45) is -1.14. The number of thiophene rings is 1. The number of ether oxygens (including phenoxy) is 1. The molecule has 2 amide bonds. The van der Waals surface area contributed by atoms with E-state index in [4.69, 9.17) is 4.74 Å². The summed E-state index contributed by atoms with van der Waals surface area (Å²) < 4.78 is 5.43. The standard InChI is InChI=1S/C24H22N2O5S/c1-16-9-11-17(12-10-16)22(29)23(18-6-3-2-4-7-18)31-21(28)15-25-20(27)14-26-24(30)19-8-5-13-32-19/h2-13,23H,14-15H2,1H3,(H,25,27)(H,26,30)/t23-/m0/s1. The molecule has 0 aliphatic heterocycles. The lowest BCUT2D eigenvalue weighted by atomic mass is 9.99. The number of hydrogen-bond donors (Lipinski definition) is 2. The number of carbonyl (C=O) groups excluding carboxylic acids is 4. The highest BCUT2D eigenvalue weighted by Gasteiger charge is 2.26. The Morgan fingerprint density at radius 2 is 1.59 bits per heavy atom. The predicted molar refractivity (Wildman–Crippen MR) is 120 cm³/mol. The zero-order valence-electron chi connectivity index (χ0n) is 17.4. The Labute approximate surface area is 189 Å². The van der Waals surface area contributed by atoms with Gasteiger partial charge in [-0.1, -0.05) is 66.2 Å². The van der Waals surface area contributed by atoms with Crippen molar-refractivity contribution in [3.63, 3.8) is 0 Å². The number of amides is 2. The number of aryl methyl sites for hydroxylation is 1. The average molecular weight is 451 g/mol. The molecule has 2 aromatic carbocycles. The molecule has 0 fully saturated rings. The van der Waals surface area contributed by atoms with E-state index in [0.717, 1.165) is 5.56 Å². The lowest BCUT2D eigenvalue weighted by molar-refractivity contribution is -0.147. The number of nitrogens with one attached hydrogen (secondary N) is 2. The van der Waals surface area contributed by atoms with E-state index in [9.17, 15) is 19.2 Å². The lowest BCUT2D eigenvalue weighted by Gasteiger charge is -2.18. The van der Waals surface area contributed by atoms with Crippen LogP contribution in [0.1, 0.15) is 37.3 Å². The highest BCUT2D eigenvalue weighted by Crippen LogP contribution is 2.23. The van der Waals surface area contributed by atoms with Crippen molar-refractivity contribution in [2.24, 2.45) is 0 Å². The Hall–Kier alpha value is -3.78. The van der Waals surface area contributed by atoms with Crippen LogP contribution in [0.5, 0.6) is 0 Å². The minimum Gasteiger partial charge on any atom is -0.448 e. The quantitative estimate of drug-likeness (QED) is 0.385. The predicted octanol–water partition coefficient (Wildman–Crippen LogP) is 3.07. The van der Waals surface area contributed by atoms with Crippen molar-refractivity contribution in [2.45, 2.75) is 13.0 Å². The Kier molecular flexibility index (Phi) is 7.88. The van der Waals surface area contributed by atoms with Crippen LogP contribution in [0, 0.1) is 6.92 Å². The first-order valence-electron chi connectivity index (χ1n) is 9.88. The monoisotopic (exact) mass is 450 g/mol. The van der Waals surface area contributed by atoms with Gasteiger partial charge in [0.05, 0.1) is 11.4 Å². The van der Waals surface area contributed by atoms with E-state index < -0.39 is 24.5 Å². The number of rotatable bonds is 9. The lowest BCUT2D eigenvalue weighted by Crippen LogP contribution is -2.39. The van der Waals surface area contributed by atoms with Crippen molar-refractivity contribution < 1.29 is 23.9 Å². The third-order valence-corrected chi connectivity index (χ3v) is 5.38. The maximum absolute atomic E-state index is 13.0. The van der Waals surface area contributed by atoms with Gasteiger partial charge in [-0.15, -0.1) is 11.3 Å². The summed E-state index contributed by atoms with van der Waals surface area (Å²) in [4.78, 5) is 49.7. The van der Waals surface area contributed by atoms with E-state index in [2.05, 4.69) is 10.6 Å². The summed E-state index contributed by atoms with van der Waals surface area (Å²) >= 11 is 1.26. The van der Waals surface area contributed by atoms with E-state index in [1.807, 2.05) is 19.1 Å². The van der Waals surface area contributed by atoms with Gasteiger partial charge in [-0.2, -0.15) is 0 Å². The summed E-state index contributed by atoms with van der Waals surface area (Å²) in [6, 6.07) is 19.0. The van der Waals surface area contributed by atoms with Crippen molar-refractivity contribution >= 4 is 34.9 Å². The summed E-state index contributed by atoms with van der Waals surface area (Å²) in [7, 11) is 0. The second-order valence-electron chi connectivity index (χ2n) is 6.95. The topological polar surface area (TPSA) is 102 Å². The molecular formula is C24H22N2O5S. The number of esters is 1. The number of Topliss-reactive ketones (excluding diaryl/α,β-unsaturated/α-hetero) is 1. The minimum atomic E-state index is -1.14. The van der Waals surface area contributed by atoms with Crippen LogP contribution in [0.25, 0.3) is 0 Å².